The number of amides is 2. The summed E-state index contributed by atoms with van der Waals surface area (Å²) >= 11 is 1.72. The van der Waals surface area contributed by atoms with Gasteiger partial charge in [-0.15, -0.1) is 11.3 Å². The Kier molecular flexibility index (Phi) is 6.04. The number of carbonyl (C=O) groups excluding carboxylic acids is 2. The van der Waals surface area contributed by atoms with Crippen molar-refractivity contribution in [2.24, 2.45) is 11.3 Å². The number of hydrogen-bond acceptors (Lipinski definition) is 3. The zero-order valence-corrected chi connectivity index (χ0v) is 18.0. The van der Waals surface area contributed by atoms with Gasteiger partial charge >= 0.3 is 0 Å². The molecule has 29 heavy (non-hydrogen) atoms. The molecule has 1 aliphatic heterocycles. The van der Waals surface area contributed by atoms with Crippen molar-refractivity contribution < 1.29 is 9.59 Å². The number of piperidine rings is 1. The van der Waals surface area contributed by atoms with Crippen LogP contribution >= 0.6 is 11.3 Å². The molecule has 2 fully saturated rings. The molecule has 0 spiro atoms. The first-order valence-electron chi connectivity index (χ1n) is 10.8. The highest BCUT2D eigenvalue weighted by atomic mass is 32.1. The van der Waals surface area contributed by atoms with E-state index in [2.05, 4.69) is 47.1 Å². The molecule has 2 heterocycles. The van der Waals surface area contributed by atoms with E-state index >= 15 is 0 Å². The molecule has 5 heteroatoms. The summed E-state index contributed by atoms with van der Waals surface area (Å²) in [5.41, 5.74) is 1.84. The van der Waals surface area contributed by atoms with Crippen LogP contribution in [0.5, 0.6) is 0 Å². The van der Waals surface area contributed by atoms with E-state index < -0.39 is 5.41 Å². The molecule has 2 amide bonds. The second-order valence-electron chi connectivity index (χ2n) is 8.44. The van der Waals surface area contributed by atoms with Crippen molar-refractivity contribution in [3.63, 3.8) is 0 Å². The zero-order valence-electron chi connectivity index (χ0n) is 17.2. The van der Waals surface area contributed by atoms with Crippen LogP contribution in [0.3, 0.4) is 0 Å². The molecular formula is C24H30N2O2S. The van der Waals surface area contributed by atoms with Gasteiger partial charge in [0.1, 0.15) is 0 Å². The van der Waals surface area contributed by atoms with Crippen LogP contribution in [0.2, 0.25) is 0 Å². The molecule has 1 saturated carbocycles. The number of benzene rings is 1. The van der Waals surface area contributed by atoms with Crippen molar-refractivity contribution in [2.45, 2.75) is 45.4 Å². The van der Waals surface area contributed by atoms with E-state index in [1.165, 1.54) is 16.0 Å². The molecule has 1 aromatic carbocycles. The molecule has 1 aliphatic carbocycles. The Hall–Kier alpha value is -2.14. The molecule has 1 N–H and O–H groups in total. The Morgan fingerprint density at radius 2 is 2.00 bits per heavy atom. The topological polar surface area (TPSA) is 49.4 Å². The van der Waals surface area contributed by atoms with Crippen molar-refractivity contribution in [1.29, 1.82) is 0 Å². The smallest absolute Gasteiger partial charge is 0.228 e. The van der Waals surface area contributed by atoms with Gasteiger partial charge in [-0.25, -0.2) is 0 Å². The lowest BCUT2D eigenvalue weighted by atomic mass is 9.72. The molecule has 0 radical (unpaired) electrons. The van der Waals surface area contributed by atoms with Gasteiger partial charge in [-0.1, -0.05) is 36.8 Å². The van der Waals surface area contributed by atoms with Crippen LogP contribution in [0.1, 0.15) is 44.6 Å². The quantitative estimate of drug-likeness (QED) is 0.762. The van der Waals surface area contributed by atoms with Crippen LogP contribution in [-0.4, -0.2) is 36.3 Å². The van der Waals surface area contributed by atoms with Gasteiger partial charge in [0.25, 0.3) is 0 Å². The number of hydrogen-bond donors (Lipinski definition) is 1. The number of nitrogens with one attached hydrogen (secondary N) is 1. The molecule has 1 atom stereocenters. The number of rotatable bonds is 6. The van der Waals surface area contributed by atoms with Gasteiger partial charge in [-0.3, -0.25) is 9.59 Å². The maximum atomic E-state index is 13.3. The molecule has 1 saturated heterocycles. The first-order chi connectivity index (χ1) is 14.1. The second kappa shape index (κ2) is 8.70. The summed E-state index contributed by atoms with van der Waals surface area (Å²) in [5, 5.41) is 5.16. The van der Waals surface area contributed by atoms with E-state index in [0.717, 1.165) is 38.6 Å². The average Bonchev–Trinajstić information content (AvgIpc) is 3.22. The zero-order chi connectivity index (χ0) is 20.3. The third kappa shape index (κ3) is 4.11. The summed E-state index contributed by atoms with van der Waals surface area (Å²) in [5.74, 6) is 0.529. The highest BCUT2D eigenvalue weighted by Gasteiger charge is 2.45. The number of nitrogens with zero attached hydrogens (tertiary/aromatic N) is 1. The summed E-state index contributed by atoms with van der Waals surface area (Å²) in [6, 6.07) is 12.6. The standard InChI is InChI=1S/C24H30N2O2S/c1-2-25-23(28)24(13-7-14-26(17-24)22(27)18-9-5-10-18)16-19-8-3-4-11-20(19)21-12-6-15-29-21/h3-4,6,8,11-12,15,18H,2,5,7,9-10,13-14,16-17H2,1H3,(H,25,28)/t24-/m0/s1. The lowest BCUT2D eigenvalue weighted by molar-refractivity contribution is -0.146. The van der Waals surface area contributed by atoms with Gasteiger partial charge in [0.05, 0.1) is 5.41 Å². The number of likely N-dealkylation sites (tertiary alicyclic amines) is 1. The first-order valence-corrected chi connectivity index (χ1v) is 11.7. The Balaban J connectivity index is 1.64. The van der Waals surface area contributed by atoms with Crippen LogP contribution < -0.4 is 5.32 Å². The predicted molar refractivity (Wildman–Crippen MR) is 118 cm³/mol. The normalized spacial score (nSPS) is 22.2. The van der Waals surface area contributed by atoms with Crippen molar-refractivity contribution in [3.8, 4) is 10.4 Å². The second-order valence-corrected chi connectivity index (χ2v) is 9.39. The van der Waals surface area contributed by atoms with Crippen LogP contribution in [0, 0.1) is 11.3 Å². The Morgan fingerprint density at radius 1 is 1.17 bits per heavy atom. The fourth-order valence-electron chi connectivity index (χ4n) is 4.70. The van der Waals surface area contributed by atoms with E-state index in [4.69, 9.17) is 0 Å². The van der Waals surface area contributed by atoms with Crippen molar-refractivity contribution in [2.75, 3.05) is 19.6 Å². The van der Waals surface area contributed by atoms with Gasteiger partial charge in [0.15, 0.2) is 0 Å². The fourth-order valence-corrected chi connectivity index (χ4v) is 5.49. The maximum Gasteiger partial charge on any atom is 0.228 e. The largest absolute Gasteiger partial charge is 0.356 e. The minimum atomic E-state index is -0.555. The predicted octanol–water partition coefficient (Wildman–Crippen LogP) is 4.50. The number of thiophene rings is 1. The summed E-state index contributed by atoms with van der Waals surface area (Å²) in [6.45, 7) is 3.89. The lowest BCUT2D eigenvalue weighted by Gasteiger charge is -2.44. The molecule has 0 bridgehead atoms. The van der Waals surface area contributed by atoms with Crippen molar-refractivity contribution >= 4 is 23.2 Å². The molecule has 2 aromatic rings. The van der Waals surface area contributed by atoms with Crippen LogP contribution in [-0.2, 0) is 16.0 Å². The number of carbonyl (C=O) groups is 2. The maximum absolute atomic E-state index is 13.3. The van der Waals surface area contributed by atoms with Gasteiger partial charge in [0.2, 0.25) is 11.8 Å². The van der Waals surface area contributed by atoms with Gasteiger partial charge in [0, 0.05) is 30.4 Å². The van der Waals surface area contributed by atoms with Crippen LogP contribution in [0.15, 0.2) is 41.8 Å². The third-order valence-electron chi connectivity index (χ3n) is 6.49. The summed E-state index contributed by atoms with van der Waals surface area (Å²) < 4.78 is 0. The lowest BCUT2D eigenvalue weighted by Crippen LogP contribution is -2.55. The van der Waals surface area contributed by atoms with Gasteiger partial charge in [-0.2, -0.15) is 0 Å². The highest BCUT2D eigenvalue weighted by molar-refractivity contribution is 7.13. The molecular weight excluding hydrogens is 380 g/mol. The average molecular weight is 411 g/mol. The van der Waals surface area contributed by atoms with E-state index in [9.17, 15) is 9.59 Å². The molecule has 2 aliphatic rings. The van der Waals surface area contributed by atoms with E-state index in [1.807, 2.05) is 11.8 Å². The van der Waals surface area contributed by atoms with E-state index in [1.54, 1.807) is 11.3 Å². The third-order valence-corrected chi connectivity index (χ3v) is 7.40. The Labute approximate surface area is 177 Å². The highest BCUT2D eigenvalue weighted by Crippen LogP contribution is 2.39. The Bertz CT molecular complexity index is 860. The summed E-state index contributed by atoms with van der Waals surface area (Å²) in [6.07, 6.45) is 5.54. The molecule has 4 nitrogen and oxygen atoms in total. The van der Waals surface area contributed by atoms with Crippen molar-refractivity contribution in [1.82, 2.24) is 10.2 Å². The molecule has 1 aromatic heterocycles. The van der Waals surface area contributed by atoms with Crippen LogP contribution in [0.25, 0.3) is 10.4 Å². The monoisotopic (exact) mass is 410 g/mol. The Morgan fingerprint density at radius 3 is 2.69 bits per heavy atom. The first kappa shape index (κ1) is 20.1. The SMILES string of the molecule is CCNC(=O)[C@]1(Cc2ccccc2-c2cccs2)CCCN(C(=O)C2CCC2)C1. The summed E-state index contributed by atoms with van der Waals surface area (Å²) in [7, 11) is 0. The summed E-state index contributed by atoms with van der Waals surface area (Å²) in [4.78, 5) is 29.5. The van der Waals surface area contributed by atoms with Crippen LogP contribution in [0.4, 0.5) is 0 Å². The van der Waals surface area contributed by atoms with E-state index in [-0.39, 0.29) is 17.7 Å². The minimum absolute atomic E-state index is 0.0899. The van der Waals surface area contributed by atoms with E-state index in [0.29, 0.717) is 19.5 Å². The van der Waals surface area contributed by atoms with Gasteiger partial charge < -0.3 is 10.2 Å². The minimum Gasteiger partial charge on any atom is -0.356 e. The van der Waals surface area contributed by atoms with Gasteiger partial charge in [-0.05, 0) is 61.6 Å². The molecule has 4 rings (SSSR count). The fraction of sp³-hybridized carbons (Fsp3) is 0.500. The molecule has 0 unspecified atom stereocenters. The van der Waals surface area contributed by atoms with Crippen molar-refractivity contribution in [3.05, 3.63) is 47.3 Å². The molecule has 154 valence electrons.